The van der Waals surface area contributed by atoms with Crippen molar-refractivity contribution in [3.63, 3.8) is 0 Å². The lowest BCUT2D eigenvalue weighted by Crippen LogP contribution is -2.10. The highest BCUT2D eigenvalue weighted by molar-refractivity contribution is 9.10. The zero-order valence-corrected chi connectivity index (χ0v) is 11.5. The number of hydrogen-bond donors (Lipinski definition) is 1. The van der Waals surface area contributed by atoms with Gasteiger partial charge in [0.1, 0.15) is 5.75 Å². The Balaban J connectivity index is 2.19. The number of rotatable bonds is 4. The van der Waals surface area contributed by atoms with Gasteiger partial charge in [0, 0.05) is 0 Å². The van der Waals surface area contributed by atoms with Crippen LogP contribution in [0, 0.1) is 0 Å². The highest BCUT2D eigenvalue weighted by Crippen LogP contribution is 2.33. The minimum atomic E-state index is -1.02. The molecule has 1 N–H and O–H groups in total. The van der Waals surface area contributed by atoms with Crippen LogP contribution >= 0.6 is 15.9 Å². The molecule has 0 unspecified atom stereocenters. The summed E-state index contributed by atoms with van der Waals surface area (Å²) in [5.41, 5.74) is 0. The number of ether oxygens (including phenoxy) is 1. The highest BCUT2D eigenvalue weighted by Gasteiger charge is 2.11. The normalized spacial score (nSPS) is 10.4. The summed E-state index contributed by atoms with van der Waals surface area (Å²) in [5, 5.41) is 10.5. The summed E-state index contributed by atoms with van der Waals surface area (Å²) in [6, 6.07) is 11.2. The van der Waals surface area contributed by atoms with Crippen LogP contribution in [0.15, 0.2) is 40.9 Å². The first-order chi connectivity index (χ1) is 9.08. The third-order valence-corrected chi connectivity index (χ3v) is 3.41. The van der Waals surface area contributed by atoms with Crippen molar-refractivity contribution in [3.05, 3.63) is 40.9 Å². The van der Waals surface area contributed by atoms with Crippen molar-refractivity contribution < 1.29 is 19.4 Å². The number of aliphatic carboxylic acids is 1. The van der Waals surface area contributed by atoms with Crippen molar-refractivity contribution in [2.45, 2.75) is 12.8 Å². The van der Waals surface area contributed by atoms with Gasteiger partial charge in [-0.05, 0) is 32.8 Å². The van der Waals surface area contributed by atoms with E-state index in [2.05, 4.69) is 15.9 Å². The summed E-state index contributed by atoms with van der Waals surface area (Å²) in [4.78, 5) is 21.9. The van der Waals surface area contributed by atoms with Gasteiger partial charge < -0.3 is 9.84 Å². The Morgan fingerprint density at radius 1 is 1.11 bits per heavy atom. The maximum atomic E-state index is 11.5. The van der Waals surface area contributed by atoms with Crippen LogP contribution < -0.4 is 4.74 Å². The van der Waals surface area contributed by atoms with Gasteiger partial charge in [-0.25, -0.2) is 0 Å². The summed E-state index contributed by atoms with van der Waals surface area (Å²) >= 11 is 3.40. The maximum absolute atomic E-state index is 11.5. The van der Waals surface area contributed by atoms with E-state index >= 15 is 0 Å². The predicted octanol–water partition coefficient (Wildman–Crippen LogP) is 3.37. The fourth-order valence-corrected chi connectivity index (χ4v) is 2.25. The van der Waals surface area contributed by atoms with Crippen molar-refractivity contribution in [2.75, 3.05) is 0 Å². The van der Waals surface area contributed by atoms with Gasteiger partial charge in [-0.1, -0.05) is 30.3 Å². The van der Waals surface area contributed by atoms with Gasteiger partial charge in [-0.15, -0.1) is 0 Å². The second-order valence-corrected chi connectivity index (χ2v) is 4.76. The van der Waals surface area contributed by atoms with Crippen LogP contribution in [0.25, 0.3) is 10.8 Å². The molecule has 0 radical (unpaired) electrons. The summed E-state index contributed by atoms with van der Waals surface area (Å²) in [7, 11) is 0. The minimum Gasteiger partial charge on any atom is -0.481 e. The number of fused-ring (bicyclic) bond motifs is 1. The Labute approximate surface area is 118 Å². The fourth-order valence-electron chi connectivity index (χ4n) is 1.68. The van der Waals surface area contributed by atoms with E-state index in [1.807, 2.05) is 30.3 Å². The summed E-state index contributed by atoms with van der Waals surface area (Å²) in [6.07, 6.45) is -0.376. The largest absolute Gasteiger partial charge is 0.481 e. The SMILES string of the molecule is O=C(O)CCC(=O)Oc1ccc2ccccc2c1Br. The van der Waals surface area contributed by atoms with Crippen LogP contribution in [0.5, 0.6) is 5.75 Å². The van der Waals surface area contributed by atoms with Gasteiger partial charge in [-0.3, -0.25) is 9.59 Å². The van der Waals surface area contributed by atoms with E-state index in [-0.39, 0.29) is 12.8 Å². The molecular formula is C14H11BrO4. The number of halogens is 1. The molecule has 0 fully saturated rings. The first-order valence-corrected chi connectivity index (χ1v) is 6.47. The van der Waals surface area contributed by atoms with Gasteiger partial charge in [-0.2, -0.15) is 0 Å². The Morgan fingerprint density at radius 3 is 2.58 bits per heavy atom. The number of hydrogen-bond acceptors (Lipinski definition) is 3. The van der Waals surface area contributed by atoms with Crippen molar-refractivity contribution in [1.82, 2.24) is 0 Å². The number of carboxylic acids is 1. The Bertz CT molecular complexity index is 636. The van der Waals surface area contributed by atoms with Crippen LogP contribution in [-0.4, -0.2) is 17.0 Å². The molecule has 5 heteroatoms. The molecule has 0 amide bonds. The van der Waals surface area contributed by atoms with E-state index in [1.54, 1.807) is 6.07 Å². The van der Waals surface area contributed by atoms with Crippen molar-refractivity contribution in [3.8, 4) is 5.75 Å². The summed E-state index contributed by atoms with van der Waals surface area (Å²) < 4.78 is 5.84. The summed E-state index contributed by atoms with van der Waals surface area (Å²) in [6.45, 7) is 0. The zero-order chi connectivity index (χ0) is 13.8. The molecule has 0 bridgehead atoms. The van der Waals surface area contributed by atoms with E-state index in [9.17, 15) is 9.59 Å². The van der Waals surface area contributed by atoms with Crippen LogP contribution in [-0.2, 0) is 9.59 Å². The van der Waals surface area contributed by atoms with Crippen molar-refractivity contribution in [1.29, 1.82) is 0 Å². The monoisotopic (exact) mass is 322 g/mol. The topological polar surface area (TPSA) is 63.6 Å². The van der Waals surface area contributed by atoms with Crippen LogP contribution in [0.4, 0.5) is 0 Å². The van der Waals surface area contributed by atoms with E-state index in [1.165, 1.54) is 0 Å². The Hall–Kier alpha value is -1.88. The lowest BCUT2D eigenvalue weighted by atomic mass is 10.1. The maximum Gasteiger partial charge on any atom is 0.311 e. The van der Waals surface area contributed by atoms with Crippen LogP contribution in [0.1, 0.15) is 12.8 Å². The smallest absolute Gasteiger partial charge is 0.311 e. The lowest BCUT2D eigenvalue weighted by Gasteiger charge is -2.08. The van der Waals surface area contributed by atoms with Crippen LogP contribution in [0.2, 0.25) is 0 Å². The fraction of sp³-hybridized carbons (Fsp3) is 0.143. The number of carbonyl (C=O) groups excluding carboxylic acids is 1. The van der Waals surface area contributed by atoms with Crippen molar-refractivity contribution >= 4 is 38.6 Å². The Kier molecular flexibility index (Phi) is 4.16. The third kappa shape index (κ3) is 3.32. The molecule has 98 valence electrons. The molecule has 0 spiro atoms. The highest BCUT2D eigenvalue weighted by atomic mass is 79.9. The molecule has 19 heavy (non-hydrogen) atoms. The first kappa shape index (κ1) is 13.5. The van der Waals surface area contributed by atoms with E-state index in [0.717, 1.165) is 10.8 Å². The molecule has 0 saturated carbocycles. The summed E-state index contributed by atoms with van der Waals surface area (Å²) in [5.74, 6) is -1.18. The van der Waals surface area contributed by atoms with Crippen molar-refractivity contribution in [2.24, 2.45) is 0 Å². The van der Waals surface area contributed by atoms with Crippen LogP contribution in [0.3, 0.4) is 0 Å². The first-order valence-electron chi connectivity index (χ1n) is 5.67. The van der Waals surface area contributed by atoms with Gasteiger partial charge in [0.05, 0.1) is 17.3 Å². The molecule has 0 heterocycles. The van der Waals surface area contributed by atoms with Gasteiger partial charge >= 0.3 is 11.9 Å². The molecule has 0 aliphatic carbocycles. The molecule has 2 aromatic rings. The molecular weight excluding hydrogens is 312 g/mol. The number of carboxylic acid groups (broad SMARTS) is 1. The number of benzene rings is 2. The number of esters is 1. The van der Waals surface area contributed by atoms with E-state index in [4.69, 9.17) is 9.84 Å². The average molecular weight is 323 g/mol. The molecule has 0 aliphatic heterocycles. The predicted molar refractivity (Wildman–Crippen MR) is 74.2 cm³/mol. The zero-order valence-electron chi connectivity index (χ0n) is 9.93. The van der Waals surface area contributed by atoms with Gasteiger partial charge in [0.15, 0.2) is 0 Å². The van der Waals surface area contributed by atoms with E-state index < -0.39 is 11.9 Å². The molecule has 2 aromatic carbocycles. The molecule has 0 atom stereocenters. The van der Waals surface area contributed by atoms with Gasteiger partial charge in [0.25, 0.3) is 0 Å². The van der Waals surface area contributed by atoms with E-state index in [0.29, 0.717) is 10.2 Å². The second kappa shape index (κ2) is 5.84. The molecule has 0 aromatic heterocycles. The molecule has 0 aliphatic rings. The standard InChI is InChI=1S/C14H11BrO4/c15-14-10-4-2-1-3-9(10)5-6-11(14)19-13(18)8-7-12(16)17/h1-6H,7-8H2,(H,16,17). The average Bonchev–Trinajstić information content (AvgIpc) is 2.40. The number of carbonyl (C=O) groups is 2. The quantitative estimate of drug-likeness (QED) is 0.692. The second-order valence-electron chi connectivity index (χ2n) is 3.97. The minimum absolute atomic E-state index is 0.144. The molecule has 4 nitrogen and oxygen atoms in total. The molecule has 2 rings (SSSR count). The Morgan fingerprint density at radius 2 is 1.84 bits per heavy atom. The molecule has 0 saturated heterocycles. The van der Waals surface area contributed by atoms with Gasteiger partial charge in [0.2, 0.25) is 0 Å². The third-order valence-electron chi connectivity index (χ3n) is 2.59. The lowest BCUT2D eigenvalue weighted by molar-refractivity contribution is -0.142.